The van der Waals surface area contributed by atoms with Crippen molar-refractivity contribution in [1.29, 1.82) is 5.26 Å². The first-order valence-electron chi connectivity index (χ1n) is 10.1. The van der Waals surface area contributed by atoms with Crippen molar-refractivity contribution in [2.45, 2.75) is 19.4 Å². The fraction of sp³-hybridized carbons (Fsp3) is 0.120. The van der Waals surface area contributed by atoms with Crippen LogP contribution in [0.25, 0.3) is 10.8 Å². The van der Waals surface area contributed by atoms with Crippen LogP contribution in [0.1, 0.15) is 28.3 Å². The molecule has 6 nitrogen and oxygen atoms in total. The molecule has 0 radical (unpaired) electrons. The molecule has 5 rings (SSSR count). The van der Waals surface area contributed by atoms with E-state index in [0.717, 1.165) is 33.2 Å². The fourth-order valence-electron chi connectivity index (χ4n) is 4.16. The summed E-state index contributed by atoms with van der Waals surface area (Å²) in [7, 11) is 0. The van der Waals surface area contributed by atoms with Crippen molar-refractivity contribution in [3.8, 4) is 17.7 Å². The van der Waals surface area contributed by atoms with Crippen LogP contribution in [0.5, 0.6) is 11.6 Å². The Hall–Kier alpha value is -3.95. The molecule has 0 aliphatic carbocycles. The minimum Gasteiger partial charge on any atom is -0.489 e. The molecule has 0 saturated carbocycles. The second-order valence-corrected chi connectivity index (χ2v) is 8.04. The van der Waals surface area contributed by atoms with Crippen LogP contribution in [0.4, 0.5) is 0 Å². The number of halogens is 1. The Morgan fingerprint density at radius 3 is 2.84 bits per heavy atom. The summed E-state index contributed by atoms with van der Waals surface area (Å²) in [4.78, 5) is 0. The summed E-state index contributed by atoms with van der Waals surface area (Å²) in [5, 5.41) is 19.8. The van der Waals surface area contributed by atoms with E-state index in [1.807, 2.05) is 37.3 Å². The van der Waals surface area contributed by atoms with Gasteiger partial charge in [0.15, 0.2) is 0 Å². The van der Waals surface area contributed by atoms with E-state index in [4.69, 9.17) is 26.8 Å². The van der Waals surface area contributed by atoms with Crippen molar-refractivity contribution in [2.24, 2.45) is 5.73 Å². The van der Waals surface area contributed by atoms with E-state index < -0.39 is 5.92 Å². The quantitative estimate of drug-likeness (QED) is 0.445. The van der Waals surface area contributed by atoms with Gasteiger partial charge >= 0.3 is 0 Å². The maximum atomic E-state index is 9.86. The van der Waals surface area contributed by atoms with Gasteiger partial charge in [0.1, 0.15) is 24.0 Å². The SMILES string of the molecule is Cc1[nH]nc2c1C(c1cc(Cl)ccc1OCc1cccc3ccccc13)C(C#N)=C(N)O2. The molecule has 1 aliphatic rings. The van der Waals surface area contributed by atoms with Gasteiger partial charge in [-0.1, -0.05) is 54.1 Å². The van der Waals surface area contributed by atoms with E-state index in [9.17, 15) is 5.26 Å². The fourth-order valence-corrected chi connectivity index (χ4v) is 4.34. The minimum absolute atomic E-state index is 0.0245. The number of H-pyrrole nitrogens is 1. The number of nitriles is 1. The summed E-state index contributed by atoms with van der Waals surface area (Å²) >= 11 is 6.36. The molecule has 0 spiro atoms. The average Bonchev–Trinajstić information content (AvgIpc) is 3.17. The molecule has 3 aromatic carbocycles. The summed E-state index contributed by atoms with van der Waals surface area (Å²) in [6.45, 7) is 2.23. The summed E-state index contributed by atoms with van der Waals surface area (Å²) in [5.41, 5.74) is 9.67. The zero-order valence-electron chi connectivity index (χ0n) is 17.2. The van der Waals surface area contributed by atoms with Gasteiger partial charge in [0.2, 0.25) is 11.8 Å². The van der Waals surface area contributed by atoms with E-state index in [1.54, 1.807) is 12.1 Å². The summed E-state index contributed by atoms with van der Waals surface area (Å²) in [5.74, 6) is 0.477. The van der Waals surface area contributed by atoms with E-state index in [1.165, 1.54) is 0 Å². The molecule has 1 unspecified atom stereocenters. The smallest absolute Gasteiger partial charge is 0.244 e. The number of aromatic nitrogens is 2. The highest BCUT2D eigenvalue weighted by molar-refractivity contribution is 6.30. The second-order valence-electron chi connectivity index (χ2n) is 7.60. The lowest BCUT2D eigenvalue weighted by atomic mass is 9.83. The number of benzene rings is 3. The largest absolute Gasteiger partial charge is 0.489 e. The number of hydrogen-bond donors (Lipinski definition) is 2. The van der Waals surface area contributed by atoms with Crippen molar-refractivity contribution >= 4 is 22.4 Å². The third kappa shape index (κ3) is 3.33. The molecule has 7 heteroatoms. The Bertz CT molecular complexity index is 1410. The Morgan fingerprint density at radius 2 is 2.00 bits per heavy atom. The molecule has 0 fully saturated rings. The molecular weight excluding hydrogens is 424 g/mol. The maximum Gasteiger partial charge on any atom is 0.244 e. The van der Waals surface area contributed by atoms with Crippen LogP contribution in [0.2, 0.25) is 5.02 Å². The van der Waals surface area contributed by atoms with Crippen molar-refractivity contribution < 1.29 is 9.47 Å². The molecule has 158 valence electrons. The van der Waals surface area contributed by atoms with Crippen LogP contribution in [0.15, 0.2) is 72.1 Å². The highest BCUT2D eigenvalue weighted by Crippen LogP contribution is 2.46. The number of rotatable bonds is 4. The van der Waals surface area contributed by atoms with Crippen LogP contribution < -0.4 is 15.2 Å². The molecule has 3 N–H and O–H groups in total. The Kier molecular flexibility index (Phi) is 4.96. The molecule has 32 heavy (non-hydrogen) atoms. The van der Waals surface area contributed by atoms with E-state index in [0.29, 0.717) is 28.8 Å². The number of nitrogens with two attached hydrogens (primary N) is 1. The highest BCUT2D eigenvalue weighted by Gasteiger charge is 2.36. The van der Waals surface area contributed by atoms with Crippen LogP contribution >= 0.6 is 11.6 Å². The first-order chi connectivity index (χ1) is 15.6. The van der Waals surface area contributed by atoms with Gasteiger partial charge in [0, 0.05) is 21.8 Å². The molecule has 0 amide bonds. The highest BCUT2D eigenvalue weighted by atomic mass is 35.5. The van der Waals surface area contributed by atoms with Gasteiger partial charge in [-0.15, -0.1) is 5.10 Å². The molecule has 1 aliphatic heterocycles. The third-order valence-corrected chi connectivity index (χ3v) is 5.91. The third-order valence-electron chi connectivity index (χ3n) is 5.68. The van der Waals surface area contributed by atoms with E-state index in [-0.39, 0.29) is 5.88 Å². The predicted molar refractivity (Wildman–Crippen MR) is 122 cm³/mol. The van der Waals surface area contributed by atoms with Crippen LogP contribution in [-0.4, -0.2) is 10.2 Å². The van der Waals surface area contributed by atoms with Crippen molar-refractivity contribution in [3.05, 3.63) is 99.5 Å². The molecule has 2 heterocycles. The van der Waals surface area contributed by atoms with Crippen LogP contribution in [0.3, 0.4) is 0 Å². The molecule has 1 aromatic heterocycles. The van der Waals surface area contributed by atoms with Gasteiger partial charge in [-0.05, 0) is 41.5 Å². The molecule has 4 aromatic rings. The number of allylic oxidation sites excluding steroid dienone is 1. The number of ether oxygens (including phenoxy) is 2. The standard InChI is InChI=1S/C25H19ClN4O2/c1-14-22-23(20(12-27)24(28)32-25(22)30-29-14)19-11-17(26)9-10-21(19)31-13-16-7-4-6-15-5-2-3-8-18(15)16/h2-11,23H,13,28H2,1H3,(H,29,30). The minimum atomic E-state index is -0.510. The second kappa shape index (κ2) is 7.95. The Morgan fingerprint density at radius 1 is 1.19 bits per heavy atom. The lowest BCUT2D eigenvalue weighted by Gasteiger charge is -2.25. The zero-order chi connectivity index (χ0) is 22.2. The number of aromatic amines is 1. The monoisotopic (exact) mass is 442 g/mol. The lowest BCUT2D eigenvalue weighted by molar-refractivity contribution is 0.303. The normalized spacial score (nSPS) is 15.2. The van der Waals surface area contributed by atoms with Crippen molar-refractivity contribution in [2.75, 3.05) is 0 Å². The van der Waals surface area contributed by atoms with Gasteiger partial charge in [0.05, 0.1) is 5.92 Å². The summed E-state index contributed by atoms with van der Waals surface area (Å²) in [6.07, 6.45) is 0. The summed E-state index contributed by atoms with van der Waals surface area (Å²) in [6, 6.07) is 21.9. The lowest BCUT2D eigenvalue weighted by Crippen LogP contribution is -2.21. The number of fused-ring (bicyclic) bond motifs is 2. The first kappa shape index (κ1) is 20.0. The van der Waals surface area contributed by atoms with E-state index in [2.05, 4.69) is 34.5 Å². The number of aryl methyl sites for hydroxylation is 1. The van der Waals surface area contributed by atoms with E-state index >= 15 is 0 Å². The van der Waals surface area contributed by atoms with Gasteiger partial charge in [-0.2, -0.15) is 5.26 Å². The Labute approximate surface area is 189 Å². The maximum absolute atomic E-state index is 9.86. The molecule has 1 atom stereocenters. The topological polar surface area (TPSA) is 97.0 Å². The first-order valence-corrected chi connectivity index (χ1v) is 10.5. The molecular formula is C25H19ClN4O2. The number of nitrogens with zero attached hydrogens (tertiary/aromatic N) is 2. The number of hydrogen-bond acceptors (Lipinski definition) is 5. The van der Waals surface area contributed by atoms with Crippen LogP contribution in [-0.2, 0) is 6.61 Å². The summed E-state index contributed by atoms with van der Waals surface area (Å²) < 4.78 is 11.9. The van der Waals surface area contributed by atoms with Crippen molar-refractivity contribution in [1.82, 2.24) is 10.2 Å². The Balaban J connectivity index is 1.59. The molecule has 0 bridgehead atoms. The molecule has 0 saturated heterocycles. The number of nitrogens with one attached hydrogen (secondary N) is 1. The van der Waals surface area contributed by atoms with Crippen molar-refractivity contribution in [3.63, 3.8) is 0 Å². The van der Waals surface area contributed by atoms with Gasteiger partial charge < -0.3 is 15.2 Å². The zero-order valence-corrected chi connectivity index (χ0v) is 18.0. The van der Waals surface area contributed by atoms with Gasteiger partial charge in [-0.3, -0.25) is 5.10 Å². The van der Waals surface area contributed by atoms with Crippen LogP contribution in [0, 0.1) is 18.3 Å². The van der Waals surface area contributed by atoms with Gasteiger partial charge in [0.25, 0.3) is 0 Å². The predicted octanol–water partition coefficient (Wildman–Crippen LogP) is 5.32. The average molecular weight is 443 g/mol. The van der Waals surface area contributed by atoms with Gasteiger partial charge in [-0.25, -0.2) is 0 Å².